The van der Waals surface area contributed by atoms with Crippen LogP contribution in [0.1, 0.15) is 12.8 Å². The summed E-state index contributed by atoms with van der Waals surface area (Å²) in [6.07, 6.45) is 2.28. The number of nitrogen functional groups attached to an aromatic ring is 1. The fourth-order valence-corrected chi connectivity index (χ4v) is 3.94. The predicted molar refractivity (Wildman–Crippen MR) is 119 cm³/mol. The highest BCUT2D eigenvalue weighted by atomic mass is 35.5. The third-order valence-electron chi connectivity index (χ3n) is 5.21. The summed E-state index contributed by atoms with van der Waals surface area (Å²) in [4.78, 5) is 9.39. The maximum absolute atomic E-state index is 6.52. The Bertz CT molecular complexity index is 1190. The molecule has 0 bridgehead atoms. The van der Waals surface area contributed by atoms with Gasteiger partial charge in [-0.3, -0.25) is 0 Å². The summed E-state index contributed by atoms with van der Waals surface area (Å²) in [5.41, 5.74) is 9.32. The van der Waals surface area contributed by atoms with E-state index in [4.69, 9.17) is 27.1 Å². The standard InChI is InChI=1S/C22H21ClN6O/c23-17-11-5-4-10-16(17)19-18-20(24)29(14-7-2-1-3-8-14)28-21(18)27-22(26-19)25-13-15-9-6-12-30-15/h1-5,7-8,10-11,15H,6,9,12-13,24H2,(H,25,27,28). The first-order valence-corrected chi connectivity index (χ1v) is 10.3. The predicted octanol–water partition coefficient (Wildman–Crippen LogP) is 4.31. The lowest BCUT2D eigenvalue weighted by atomic mass is 10.1. The molecule has 0 aliphatic carbocycles. The number of halogens is 1. The zero-order valence-electron chi connectivity index (χ0n) is 16.3. The molecule has 30 heavy (non-hydrogen) atoms. The number of fused-ring (bicyclic) bond motifs is 1. The van der Waals surface area contributed by atoms with Gasteiger partial charge in [-0.1, -0.05) is 48.0 Å². The number of anilines is 2. The molecule has 3 heterocycles. The molecule has 1 atom stereocenters. The SMILES string of the molecule is Nc1c2c(-c3ccccc3Cl)nc(NCC3CCCO3)nc2nn1-c1ccccc1. The number of nitrogens with two attached hydrogens (primary N) is 1. The topological polar surface area (TPSA) is 90.9 Å². The van der Waals surface area contributed by atoms with E-state index >= 15 is 0 Å². The van der Waals surface area contributed by atoms with Gasteiger partial charge in [0, 0.05) is 23.7 Å². The quantitative estimate of drug-likeness (QED) is 0.500. The highest BCUT2D eigenvalue weighted by Gasteiger charge is 2.21. The van der Waals surface area contributed by atoms with Gasteiger partial charge in [-0.05, 0) is 31.0 Å². The minimum Gasteiger partial charge on any atom is -0.383 e. The molecular formula is C22H21ClN6O. The van der Waals surface area contributed by atoms with Crippen LogP contribution in [0.5, 0.6) is 0 Å². The van der Waals surface area contributed by atoms with Crippen LogP contribution in [0.25, 0.3) is 28.0 Å². The van der Waals surface area contributed by atoms with Crippen LogP contribution in [0.2, 0.25) is 5.02 Å². The van der Waals surface area contributed by atoms with Gasteiger partial charge in [-0.2, -0.15) is 4.98 Å². The Hall–Kier alpha value is -3.16. The smallest absolute Gasteiger partial charge is 0.225 e. The average Bonchev–Trinajstić information content (AvgIpc) is 3.41. The van der Waals surface area contributed by atoms with Crippen LogP contribution in [0.3, 0.4) is 0 Å². The number of benzene rings is 2. The van der Waals surface area contributed by atoms with Gasteiger partial charge < -0.3 is 15.8 Å². The lowest BCUT2D eigenvalue weighted by molar-refractivity contribution is 0.120. The molecule has 4 aromatic rings. The second kappa shape index (κ2) is 7.93. The van der Waals surface area contributed by atoms with E-state index in [1.165, 1.54) is 0 Å². The zero-order chi connectivity index (χ0) is 20.5. The van der Waals surface area contributed by atoms with Crippen molar-refractivity contribution in [2.75, 3.05) is 24.2 Å². The largest absolute Gasteiger partial charge is 0.383 e. The summed E-state index contributed by atoms with van der Waals surface area (Å²) in [5.74, 6) is 0.947. The number of rotatable bonds is 5. The van der Waals surface area contributed by atoms with Gasteiger partial charge in [0.1, 0.15) is 5.82 Å². The molecule has 7 nitrogen and oxygen atoms in total. The molecule has 0 radical (unpaired) electrons. The number of hydrogen-bond donors (Lipinski definition) is 2. The molecule has 152 valence electrons. The van der Waals surface area contributed by atoms with Crippen molar-refractivity contribution < 1.29 is 4.74 Å². The van der Waals surface area contributed by atoms with Crippen LogP contribution in [0, 0.1) is 0 Å². The van der Waals surface area contributed by atoms with E-state index < -0.39 is 0 Å². The van der Waals surface area contributed by atoms with Crippen molar-refractivity contribution in [3.8, 4) is 16.9 Å². The number of ether oxygens (including phenoxy) is 1. The van der Waals surface area contributed by atoms with Crippen molar-refractivity contribution in [1.29, 1.82) is 0 Å². The molecular weight excluding hydrogens is 400 g/mol. The maximum Gasteiger partial charge on any atom is 0.225 e. The molecule has 2 aromatic carbocycles. The zero-order valence-corrected chi connectivity index (χ0v) is 17.0. The van der Waals surface area contributed by atoms with E-state index in [9.17, 15) is 0 Å². The van der Waals surface area contributed by atoms with Gasteiger partial charge in [0.2, 0.25) is 5.95 Å². The van der Waals surface area contributed by atoms with E-state index in [2.05, 4.69) is 15.4 Å². The Labute approximate surface area is 178 Å². The summed E-state index contributed by atoms with van der Waals surface area (Å²) in [6.45, 7) is 1.44. The number of para-hydroxylation sites is 1. The van der Waals surface area contributed by atoms with Crippen LogP contribution in [-0.4, -0.2) is 39.0 Å². The molecule has 1 aliphatic heterocycles. The van der Waals surface area contributed by atoms with Gasteiger partial charge in [0.05, 0.1) is 22.9 Å². The molecule has 8 heteroatoms. The summed E-state index contributed by atoms with van der Waals surface area (Å²) in [5, 5.41) is 9.23. The normalized spacial score (nSPS) is 16.2. The summed E-state index contributed by atoms with van der Waals surface area (Å²) in [7, 11) is 0. The van der Waals surface area contributed by atoms with Crippen LogP contribution in [0.15, 0.2) is 54.6 Å². The molecule has 5 rings (SSSR count). The van der Waals surface area contributed by atoms with Crippen molar-refractivity contribution in [3.63, 3.8) is 0 Å². The number of aromatic nitrogens is 4. The van der Waals surface area contributed by atoms with E-state index in [1.54, 1.807) is 4.68 Å². The Balaban J connectivity index is 1.65. The summed E-state index contributed by atoms with van der Waals surface area (Å²) in [6, 6.07) is 17.3. The minimum absolute atomic E-state index is 0.167. The van der Waals surface area contributed by atoms with E-state index in [0.29, 0.717) is 40.1 Å². The monoisotopic (exact) mass is 420 g/mol. The highest BCUT2D eigenvalue weighted by molar-refractivity contribution is 6.33. The lowest BCUT2D eigenvalue weighted by Gasteiger charge is -2.12. The van der Waals surface area contributed by atoms with Crippen LogP contribution < -0.4 is 11.1 Å². The Kier molecular flexibility index (Phi) is 4.98. The van der Waals surface area contributed by atoms with Crippen molar-refractivity contribution in [3.05, 3.63) is 59.6 Å². The van der Waals surface area contributed by atoms with Gasteiger partial charge >= 0.3 is 0 Å². The fourth-order valence-electron chi connectivity index (χ4n) is 3.72. The molecule has 0 amide bonds. The van der Waals surface area contributed by atoms with Crippen molar-refractivity contribution in [1.82, 2.24) is 19.7 Å². The van der Waals surface area contributed by atoms with Crippen LogP contribution >= 0.6 is 11.6 Å². The molecule has 2 aromatic heterocycles. The van der Waals surface area contributed by atoms with Crippen LogP contribution in [0.4, 0.5) is 11.8 Å². The van der Waals surface area contributed by atoms with Gasteiger partial charge in [-0.15, -0.1) is 5.10 Å². The molecule has 0 spiro atoms. The second-order valence-electron chi connectivity index (χ2n) is 7.22. The molecule has 1 fully saturated rings. The maximum atomic E-state index is 6.52. The molecule has 1 unspecified atom stereocenters. The number of nitrogens with zero attached hydrogens (tertiary/aromatic N) is 4. The third-order valence-corrected chi connectivity index (χ3v) is 5.54. The van der Waals surface area contributed by atoms with Crippen molar-refractivity contribution in [2.45, 2.75) is 18.9 Å². The first-order valence-electron chi connectivity index (χ1n) is 9.93. The molecule has 3 N–H and O–H groups in total. The Morgan fingerprint density at radius 1 is 1.10 bits per heavy atom. The van der Waals surface area contributed by atoms with Gasteiger partial charge in [-0.25, -0.2) is 9.67 Å². The Morgan fingerprint density at radius 3 is 2.67 bits per heavy atom. The van der Waals surface area contributed by atoms with Crippen LogP contribution in [-0.2, 0) is 4.74 Å². The minimum atomic E-state index is 0.167. The number of hydrogen-bond acceptors (Lipinski definition) is 6. The molecule has 1 saturated heterocycles. The van der Waals surface area contributed by atoms with Gasteiger partial charge in [0.25, 0.3) is 0 Å². The first kappa shape index (κ1) is 18.8. The second-order valence-corrected chi connectivity index (χ2v) is 7.63. The number of nitrogens with one attached hydrogen (secondary N) is 1. The van der Waals surface area contributed by atoms with E-state index in [1.807, 2.05) is 54.6 Å². The highest BCUT2D eigenvalue weighted by Crippen LogP contribution is 2.36. The molecule has 0 saturated carbocycles. The average molecular weight is 421 g/mol. The first-order chi connectivity index (χ1) is 14.7. The van der Waals surface area contributed by atoms with Crippen molar-refractivity contribution >= 4 is 34.4 Å². The molecule has 1 aliphatic rings. The van der Waals surface area contributed by atoms with Crippen molar-refractivity contribution in [2.24, 2.45) is 0 Å². The van der Waals surface area contributed by atoms with E-state index in [0.717, 1.165) is 30.7 Å². The lowest BCUT2D eigenvalue weighted by Crippen LogP contribution is -2.19. The van der Waals surface area contributed by atoms with E-state index in [-0.39, 0.29) is 6.10 Å². The van der Waals surface area contributed by atoms with Gasteiger partial charge in [0.15, 0.2) is 5.65 Å². The third kappa shape index (κ3) is 3.46. The fraction of sp³-hybridized carbons (Fsp3) is 0.227. The summed E-state index contributed by atoms with van der Waals surface area (Å²) >= 11 is 6.50. The summed E-state index contributed by atoms with van der Waals surface area (Å²) < 4.78 is 7.38. The Morgan fingerprint density at radius 2 is 1.90 bits per heavy atom.